The van der Waals surface area contributed by atoms with Crippen LogP contribution in [-0.2, 0) is 6.54 Å². The summed E-state index contributed by atoms with van der Waals surface area (Å²) in [5.41, 5.74) is 2.49. The first kappa shape index (κ1) is 17.5. The van der Waals surface area contributed by atoms with Crippen molar-refractivity contribution in [3.8, 4) is 0 Å². The largest absolute Gasteiger partial charge is 0.356 e. The minimum atomic E-state index is 0.535. The molecular formula is C18H26N4S. The summed E-state index contributed by atoms with van der Waals surface area (Å²) in [5, 5.41) is 7.86. The van der Waals surface area contributed by atoms with Gasteiger partial charge in [-0.1, -0.05) is 37.3 Å². The van der Waals surface area contributed by atoms with Crippen molar-refractivity contribution in [1.82, 2.24) is 15.6 Å². The van der Waals surface area contributed by atoms with Gasteiger partial charge in [-0.3, -0.25) is 4.99 Å². The number of nitrogens with one attached hydrogen (secondary N) is 2. The maximum Gasteiger partial charge on any atom is 0.191 e. The molecule has 1 heterocycles. The molecule has 4 nitrogen and oxygen atoms in total. The van der Waals surface area contributed by atoms with Gasteiger partial charge in [-0.2, -0.15) is 0 Å². The van der Waals surface area contributed by atoms with Crippen LogP contribution in [0.2, 0.25) is 0 Å². The van der Waals surface area contributed by atoms with Gasteiger partial charge in [0.05, 0.1) is 17.2 Å². The van der Waals surface area contributed by atoms with Crippen LogP contribution < -0.4 is 10.6 Å². The zero-order valence-corrected chi connectivity index (χ0v) is 15.2. The fourth-order valence-electron chi connectivity index (χ4n) is 2.48. The van der Waals surface area contributed by atoms with Crippen LogP contribution in [0.5, 0.6) is 0 Å². The van der Waals surface area contributed by atoms with Crippen LogP contribution in [0.15, 0.2) is 35.3 Å². The maximum absolute atomic E-state index is 4.45. The predicted molar refractivity (Wildman–Crippen MR) is 99.3 cm³/mol. The molecule has 0 saturated carbocycles. The molecule has 1 unspecified atom stereocenters. The van der Waals surface area contributed by atoms with Gasteiger partial charge in [0.15, 0.2) is 5.96 Å². The summed E-state index contributed by atoms with van der Waals surface area (Å²) in [6, 6.07) is 10.6. The van der Waals surface area contributed by atoms with Crippen LogP contribution in [0.3, 0.4) is 0 Å². The van der Waals surface area contributed by atoms with Crippen LogP contribution in [0, 0.1) is 13.8 Å². The van der Waals surface area contributed by atoms with Crippen LogP contribution in [-0.4, -0.2) is 24.5 Å². The third-order valence-corrected chi connectivity index (χ3v) is 4.95. The molecule has 0 amide bonds. The highest BCUT2D eigenvalue weighted by Crippen LogP contribution is 2.18. The van der Waals surface area contributed by atoms with E-state index >= 15 is 0 Å². The van der Waals surface area contributed by atoms with Crippen molar-refractivity contribution in [2.45, 2.75) is 39.7 Å². The topological polar surface area (TPSA) is 49.3 Å². The highest BCUT2D eigenvalue weighted by atomic mass is 32.1. The SMILES string of the molecule is CN=C(NCCC(C)c1ccccc1)NCc1sc(C)nc1C. The zero-order chi connectivity index (χ0) is 16.7. The van der Waals surface area contributed by atoms with E-state index in [9.17, 15) is 0 Å². The fraction of sp³-hybridized carbons (Fsp3) is 0.444. The van der Waals surface area contributed by atoms with E-state index in [1.807, 2.05) is 6.92 Å². The van der Waals surface area contributed by atoms with E-state index < -0.39 is 0 Å². The van der Waals surface area contributed by atoms with E-state index in [0.717, 1.165) is 36.2 Å². The number of rotatable bonds is 6. The molecule has 1 atom stereocenters. The number of aliphatic imine (C=N–C) groups is 1. The Hall–Kier alpha value is -1.88. The van der Waals surface area contributed by atoms with E-state index in [1.165, 1.54) is 10.4 Å². The average molecular weight is 331 g/mol. The van der Waals surface area contributed by atoms with Crippen molar-refractivity contribution in [2.75, 3.05) is 13.6 Å². The summed E-state index contributed by atoms with van der Waals surface area (Å²) in [6.07, 6.45) is 1.07. The summed E-state index contributed by atoms with van der Waals surface area (Å²) in [6.45, 7) is 8.02. The maximum atomic E-state index is 4.45. The van der Waals surface area contributed by atoms with Crippen molar-refractivity contribution >= 4 is 17.3 Å². The summed E-state index contributed by atoms with van der Waals surface area (Å²) in [5.74, 6) is 1.38. The summed E-state index contributed by atoms with van der Waals surface area (Å²) >= 11 is 1.74. The Morgan fingerprint density at radius 1 is 1.22 bits per heavy atom. The van der Waals surface area contributed by atoms with Gasteiger partial charge in [-0.05, 0) is 31.7 Å². The second-order valence-electron chi connectivity index (χ2n) is 5.69. The lowest BCUT2D eigenvalue weighted by Gasteiger charge is -2.15. The molecule has 5 heteroatoms. The second kappa shape index (κ2) is 8.67. The first-order valence-corrected chi connectivity index (χ1v) is 8.84. The number of aryl methyl sites for hydroxylation is 2. The third-order valence-electron chi connectivity index (χ3n) is 3.88. The molecule has 0 aliphatic heterocycles. The van der Waals surface area contributed by atoms with Gasteiger partial charge in [0.25, 0.3) is 0 Å². The quantitative estimate of drug-likeness (QED) is 0.628. The smallest absolute Gasteiger partial charge is 0.191 e. The molecule has 0 saturated heterocycles. The Morgan fingerprint density at radius 2 is 1.96 bits per heavy atom. The average Bonchev–Trinajstić information content (AvgIpc) is 2.89. The van der Waals surface area contributed by atoms with Gasteiger partial charge in [-0.25, -0.2) is 4.98 Å². The van der Waals surface area contributed by atoms with Crippen LogP contribution in [0.25, 0.3) is 0 Å². The number of hydrogen-bond donors (Lipinski definition) is 2. The van der Waals surface area contributed by atoms with Crippen molar-refractivity contribution in [3.63, 3.8) is 0 Å². The van der Waals surface area contributed by atoms with Gasteiger partial charge >= 0.3 is 0 Å². The third kappa shape index (κ3) is 5.36. The fourth-order valence-corrected chi connectivity index (χ4v) is 3.35. The summed E-state index contributed by atoms with van der Waals surface area (Å²) in [7, 11) is 1.81. The summed E-state index contributed by atoms with van der Waals surface area (Å²) in [4.78, 5) is 10.0. The van der Waals surface area contributed by atoms with Gasteiger partial charge < -0.3 is 10.6 Å². The number of guanidine groups is 1. The standard InChI is InChI=1S/C18H26N4S/c1-13(16-8-6-5-7-9-16)10-11-20-18(19-4)21-12-17-14(2)22-15(3)23-17/h5-9,13H,10-12H2,1-4H3,(H2,19,20,21). The molecule has 0 aliphatic carbocycles. The molecule has 1 aromatic carbocycles. The lowest BCUT2D eigenvalue weighted by molar-refractivity contribution is 0.652. The highest BCUT2D eigenvalue weighted by molar-refractivity contribution is 7.11. The molecule has 2 rings (SSSR count). The molecule has 0 bridgehead atoms. The van der Waals surface area contributed by atoms with Crippen molar-refractivity contribution in [1.29, 1.82) is 0 Å². The van der Waals surface area contributed by atoms with Gasteiger partial charge in [0.2, 0.25) is 0 Å². The first-order chi connectivity index (χ1) is 11.1. The molecule has 124 valence electrons. The van der Waals surface area contributed by atoms with Gasteiger partial charge in [0, 0.05) is 18.5 Å². The number of thiazole rings is 1. The normalized spacial score (nSPS) is 13.0. The van der Waals surface area contributed by atoms with Crippen molar-refractivity contribution < 1.29 is 0 Å². The number of aromatic nitrogens is 1. The number of hydrogen-bond acceptors (Lipinski definition) is 3. The lowest BCUT2D eigenvalue weighted by Crippen LogP contribution is -2.37. The Balaban J connectivity index is 1.76. The van der Waals surface area contributed by atoms with E-state index in [1.54, 1.807) is 18.4 Å². The molecule has 0 spiro atoms. The zero-order valence-electron chi connectivity index (χ0n) is 14.4. The van der Waals surface area contributed by atoms with E-state index in [2.05, 4.69) is 64.8 Å². The first-order valence-electron chi connectivity index (χ1n) is 8.02. The van der Waals surface area contributed by atoms with Crippen LogP contribution >= 0.6 is 11.3 Å². The molecule has 1 aromatic heterocycles. The monoisotopic (exact) mass is 330 g/mol. The molecule has 0 radical (unpaired) electrons. The number of nitrogens with zero attached hydrogens (tertiary/aromatic N) is 2. The Morgan fingerprint density at radius 3 is 2.57 bits per heavy atom. The molecule has 2 aromatic rings. The predicted octanol–water partition coefficient (Wildman–Crippen LogP) is 3.62. The number of benzene rings is 1. The van der Waals surface area contributed by atoms with Gasteiger partial charge in [-0.15, -0.1) is 11.3 Å². The minimum Gasteiger partial charge on any atom is -0.356 e. The molecule has 0 fully saturated rings. The minimum absolute atomic E-state index is 0.535. The summed E-state index contributed by atoms with van der Waals surface area (Å²) < 4.78 is 0. The van der Waals surface area contributed by atoms with Crippen molar-refractivity contribution in [2.24, 2.45) is 4.99 Å². The Kier molecular flexibility index (Phi) is 6.59. The van der Waals surface area contributed by atoms with Crippen LogP contribution in [0.1, 0.15) is 40.4 Å². The van der Waals surface area contributed by atoms with Gasteiger partial charge in [0.1, 0.15) is 0 Å². The van der Waals surface area contributed by atoms with E-state index in [-0.39, 0.29) is 0 Å². The molecule has 2 N–H and O–H groups in total. The van der Waals surface area contributed by atoms with Crippen molar-refractivity contribution in [3.05, 3.63) is 51.5 Å². The van der Waals surface area contributed by atoms with Crippen LogP contribution in [0.4, 0.5) is 0 Å². The Labute approximate surface area is 143 Å². The second-order valence-corrected chi connectivity index (χ2v) is 6.98. The Bertz CT molecular complexity index is 634. The lowest BCUT2D eigenvalue weighted by atomic mass is 9.98. The molecule has 0 aliphatic rings. The molecular weight excluding hydrogens is 304 g/mol. The van der Waals surface area contributed by atoms with E-state index in [4.69, 9.17) is 0 Å². The highest BCUT2D eigenvalue weighted by Gasteiger charge is 2.07. The van der Waals surface area contributed by atoms with E-state index in [0.29, 0.717) is 5.92 Å². The molecule has 23 heavy (non-hydrogen) atoms.